The van der Waals surface area contributed by atoms with Gasteiger partial charge in [-0.15, -0.1) is 15.3 Å². The summed E-state index contributed by atoms with van der Waals surface area (Å²) in [6.45, 7) is 6.22. The Morgan fingerprint density at radius 3 is 0.800 bits per heavy atom. The van der Waals surface area contributed by atoms with Crippen molar-refractivity contribution in [3.63, 3.8) is 0 Å². The van der Waals surface area contributed by atoms with Crippen LogP contribution in [0.3, 0.4) is 0 Å². The monoisotopic (exact) mass is 726 g/mol. The predicted octanol–water partition coefficient (Wildman–Crippen LogP) is 13.1. The molecule has 9 heteroatoms. The summed E-state index contributed by atoms with van der Waals surface area (Å²) in [5, 5.41) is 27.4. The topological polar surface area (TPSA) is 83.9 Å². The van der Waals surface area contributed by atoms with Gasteiger partial charge in [-0.1, -0.05) is 0 Å². The molecule has 0 atom stereocenters. The third kappa shape index (κ3) is 9.50. The molecule has 0 saturated carbocycles. The van der Waals surface area contributed by atoms with Crippen molar-refractivity contribution >= 4 is 51.2 Å². The van der Waals surface area contributed by atoms with E-state index in [1.165, 1.54) is 0 Å². The maximum Gasteiger partial charge on any atom is 0.0996 e. The van der Waals surface area contributed by atoms with Crippen LogP contribution in [0.1, 0.15) is 33.4 Å². The molecule has 0 aliphatic carbocycles. The molecule has 0 spiro atoms. The zero-order chi connectivity index (χ0) is 39.1. The minimum atomic E-state index is 0.804. The molecule has 0 aliphatic rings. The number of rotatable bonds is 12. The van der Waals surface area contributed by atoms with Gasteiger partial charge < -0.3 is 14.7 Å². The molecule has 276 valence electrons. The summed E-state index contributed by atoms with van der Waals surface area (Å²) in [7, 11) is 12.1. The Bertz CT molecular complexity index is 2060. The van der Waals surface area contributed by atoms with Gasteiger partial charge in [0.2, 0.25) is 0 Å². The van der Waals surface area contributed by atoms with Gasteiger partial charge in [0.05, 0.1) is 56.7 Å². The fraction of sp³-hybridized carbons (Fsp3) is 0.196. The van der Waals surface area contributed by atoms with Gasteiger partial charge in [0.25, 0.3) is 0 Å². The van der Waals surface area contributed by atoms with E-state index in [9.17, 15) is 0 Å². The number of azo groups is 3. The standard InChI is InChI=1S/C46H48N9/c1-31-28-34(10-25-43(31)50-47-37-13-19-40(20-14-37)53(4)5)46(35-11-26-44(32(2)29-35)51-48-38-15-21-41(22-16-38)54(6)7)36-12-27-45(33(3)30-36)52-49-39-17-23-42(24-18-39)55(8)9/h10-30H,1-9H3/q+1. The molecular weight excluding hydrogens is 679 g/mol. The Balaban J connectivity index is 1.32. The van der Waals surface area contributed by atoms with Crippen molar-refractivity contribution in [1.29, 1.82) is 0 Å². The second kappa shape index (κ2) is 17.0. The highest BCUT2D eigenvalue weighted by Gasteiger charge is 2.25. The van der Waals surface area contributed by atoms with Crippen molar-refractivity contribution in [2.45, 2.75) is 20.8 Å². The number of hydrogen-bond donors (Lipinski definition) is 0. The second-order valence-electron chi connectivity index (χ2n) is 14.2. The third-order valence-corrected chi connectivity index (χ3v) is 9.37. The van der Waals surface area contributed by atoms with E-state index in [-0.39, 0.29) is 0 Å². The lowest BCUT2D eigenvalue weighted by Gasteiger charge is -2.16. The molecule has 0 N–H and O–H groups in total. The third-order valence-electron chi connectivity index (χ3n) is 9.37. The molecule has 0 saturated heterocycles. The minimum absolute atomic E-state index is 0.804. The quantitative estimate of drug-likeness (QED) is 0.0715. The van der Waals surface area contributed by atoms with E-state index in [2.05, 4.69) is 103 Å². The first-order chi connectivity index (χ1) is 26.4. The molecule has 55 heavy (non-hydrogen) atoms. The van der Waals surface area contributed by atoms with Gasteiger partial charge in [0.15, 0.2) is 0 Å². The summed E-state index contributed by atoms with van der Waals surface area (Å²) >= 11 is 0. The molecular formula is C46H48N9+. The first-order valence-electron chi connectivity index (χ1n) is 18.2. The average Bonchev–Trinajstić information content (AvgIpc) is 3.17. The fourth-order valence-electron chi connectivity index (χ4n) is 6.06. The van der Waals surface area contributed by atoms with E-state index in [1.54, 1.807) is 0 Å². The van der Waals surface area contributed by atoms with E-state index in [4.69, 9.17) is 0 Å². The number of anilines is 3. The van der Waals surface area contributed by atoms with Crippen LogP contribution in [0.2, 0.25) is 0 Å². The Labute approximate surface area is 325 Å². The van der Waals surface area contributed by atoms with Crippen LogP contribution >= 0.6 is 0 Å². The van der Waals surface area contributed by atoms with E-state index in [0.717, 1.165) is 90.5 Å². The minimum Gasteiger partial charge on any atom is -0.378 e. The van der Waals surface area contributed by atoms with Gasteiger partial charge in [0.1, 0.15) is 0 Å². The molecule has 9 nitrogen and oxygen atoms in total. The van der Waals surface area contributed by atoms with Crippen LogP contribution in [0, 0.1) is 26.7 Å². The van der Waals surface area contributed by atoms with E-state index in [1.807, 2.05) is 133 Å². The molecule has 0 unspecified atom stereocenters. The summed E-state index contributed by atoms with van der Waals surface area (Å²) in [4.78, 5) is 6.19. The SMILES string of the molecule is Cc1cc([C+](c2ccc(N=Nc3ccc(N(C)C)cc3)c(C)c2)c2ccc(N=Nc3ccc(N(C)C)cc3)c(C)c2)ccc1N=Nc1ccc(N(C)C)cc1. The molecule has 0 bridgehead atoms. The lowest BCUT2D eigenvalue weighted by Crippen LogP contribution is -2.07. The highest BCUT2D eigenvalue weighted by Crippen LogP contribution is 2.38. The Morgan fingerprint density at radius 1 is 0.327 bits per heavy atom. The van der Waals surface area contributed by atoms with Gasteiger partial charge in [-0.2, -0.15) is 15.3 Å². The summed E-state index contributed by atoms with van der Waals surface area (Å²) in [5.41, 5.74) is 14.5. The summed E-state index contributed by atoms with van der Waals surface area (Å²) in [6.07, 6.45) is 0. The van der Waals surface area contributed by atoms with Crippen molar-refractivity contribution in [2.24, 2.45) is 30.7 Å². The lowest BCUT2D eigenvalue weighted by molar-refractivity contribution is 1.13. The normalized spacial score (nSPS) is 11.5. The molecule has 0 heterocycles. The van der Waals surface area contributed by atoms with Crippen LogP contribution < -0.4 is 14.7 Å². The molecule has 6 aromatic rings. The lowest BCUT2D eigenvalue weighted by atomic mass is 9.83. The first kappa shape index (κ1) is 38.1. The maximum atomic E-state index is 4.62. The molecule has 6 aromatic carbocycles. The number of nitrogens with zero attached hydrogens (tertiary/aromatic N) is 9. The smallest absolute Gasteiger partial charge is 0.0996 e. The van der Waals surface area contributed by atoms with E-state index >= 15 is 0 Å². The molecule has 0 aromatic heterocycles. The highest BCUT2D eigenvalue weighted by atomic mass is 15.1. The number of hydrogen-bond acceptors (Lipinski definition) is 9. The molecule has 6 rings (SSSR count). The van der Waals surface area contributed by atoms with Crippen LogP contribution in [0.25, 0.3) is 0 Å². The highest BCUT2D eigenvalue weighted by molar-refractivity contribution is 5.65. The molecule has 0 fully saturated rings. The maximum absolute atomic E-state index is 4.62. The van der Waals surface area contributed by atoms with E-state index < -0.39 is 0 Å². The van der Waals surface area contributed by atoms with Crippen LogP contribution in [-0.2, 0) is 0 Å². The van der Waals surface area contributed by atoms with Crippen molar-refractivity contribution in [3.8, 4) is 0 Å². The first-order valence-corrected chi connectivity index (χ1v) is 18.2. The van der Waals surface area contributed by atoms with Crippen molar-refractivity contribution < 1.29 is 0 Å². The average molecular weight is 727 g/mol. The second-order valence-corrected chi connectivity index (χ2v) is 14.2. The summed E-state index contributed by atoms with van der Waals surface area (Å²) in [6, 6.07) is 43.1. The van der Waals surface area contributed by atoms with Gasteiger partial charge in [-0.05, 0) is 148 Å². The molecule has 0 amide bonds. The summed E-state index contributed by atoms with van der Waals surface area (Å²) in [5.74, 6) is 1.09. The van der Waals surface area contributed by atoms with Crippen LogP contribution in [0.4, 0.5) is 51.2 Å². The van der Waals surface area contributed by atoms with Gasteiger partial charge in [-0.3, -0.25) is 0 Å². The van der Waals surface area contributed by atoms with Gasteiger partial charge in [0, 0.05) is 76.0 Å². The molecule has 0 radical (unpaired) electrons. The Morgan fingerprint density at radius 2 is 0.582 bits per heavy atom. The van der Waals surface area contributed by atoms with Gasteiger partial charge >= 0.3 is 0 Å². The molecule has 0 aliphatic heterocycles. The van der Waals surface area contributed by atoms with Crippen molar-refractivity contribution in [2.75, 3.05) is 57.0 Å². The Hall–Kier alpha value is -6.61. The largest absolute Gasteiger partial charge is 0.378 e. The zero-order valence-corrected chi connectivity index (χ0v) is 33.1. The number of benzene rings is 6. The van der Waals surface area contributed by atoms with Crippen molar-refractivity contribution in [3.05, 3.63) is 167 Å². The van der Waals surface area contributed by atoms with Crippen LogP contribution in [0.15, 0.2) is 158 Å². The van der Waals surface area contributed by atoms with Crippen LogP contribution in [-0.4, -0.2) is 42.3 Å². The van der Waals surface area contributed by atoms with Crippen LogP contribution in [0.5, 0.6) is 0 Å². The van der Waals surface area contributed by atoms with Gasteiger partial charge in [-0.25, -0.2) is 0 Å². The Kier molecular flexibility index (Phi) is 11.8. The summed E-state index contributed by atoms with van der Waals surface area (Å²) < 4.78 is 0. The van der Waals surface area contributed by atoms with E-state index in [0.29, 0.717) is 0 Å². The fourth-order valence-corrected chi connectivity index (χ4v) is 6.06. The predicted molar refractivity (Wildman–Crippen MR) is 229 cm³/mol. The number of aryl methyl sites for hydroxylation is 3. The zero-order valence-electron chi connectivity index (χ0n) is 33.1. The van der Waals surface area contributed by atoms with Crippen molar-refractivity contribution in [1.82, 2.24) is 0 Å².